The molecule has 0 spiro atoms. The van der Waals surface area contributed by atoms with Gasteiger partial charge in [0.2, 0.25) is 0 Å². The van der Waals surface area contributed by atoms with E-state index in [0.29, 0.717) is 0 Å². The third-order valence-electron chi connectivity index (χ3n) is 3.72. The summed E-state index contributed by atoms with van der Waals surface area (Å²) in [4.78, 5) is 22.6. The second-order valence-corrected chi connectivity index (χ2v) is 4.40. The maximum absolute atomic E-state index is 12.8. The molecule has 6 heteroatoms. The van der Waals surface area contributed by atoms with Crippen molar-refractivity contribution in [3.8, 4) is 0 Å². The lowest BCUT2D eigenvalue weighted by Crippen LogP contribution is -2.30. The summed E-state index contributed by atoms with van der Waals surface area (Å²) in [5.41, 5.74) is 0. The summed E-state index contributed by atoms with van der Waals surface area (Å²) in [6, 6.07) is 0. The van der Waals surface area contributed by atoms with E-state index in [1.165, 1.54) is 12.2 Å². The number of hydrogen-bond acceptors (Lipinski definition) is 3. The van der Waals surface area contributed by atoms with Gasteiger partial charge < -0.3 is 4.74 Å². The summed E-state index contributed by atoms with van der Waals surface area (Å²) in [5, 5.41) is 0. The number of fused-ring (bicyclic) bond motifs is 5. The highest BCUT2D eigenvalue weighted by Gasteiger charge is 2.68. The Morgan fingerprint density at radius 1 is 1.00 bits per heavy atom. The Morgan fingerprint density at radius 2 is 1.44 bits per heavy atom. The molecule has 2 aliphatic carbocycles. The molecule has 3 aliphatic rings. The molecular formula is C10H7F3O3. The SMILES string of the molecule is O=C1OC(=O)C2C3C=CC(C12)C3C(F)(F)F. The topological polar surface area (TPSA) is 43.4 Å². The van der Waals surface area contributed by atoms with Gasteiger partial charge in [0, 0.05) is 11.8 Å². The van der Waals surface area contributed by atoms with E-state index in [9.17, 15) is 22.8 Å². The van der Waals surface area contributed by atoms with Crippen LogP contribution in [-0.2, 0) is 14.3 Å². The molecule has 2 bridgehead atoms. The molecule has 4 atom stereocenters. The van der Waals surface area contributed by atoms with E-state index in [0.717, 1.165) is 0 Å². The normalized spacial score (nSPS) is 45.1. The van der Waals surface area contributed by atoms with Gasteiger partial charge in [0.25, 0.3) is 0 Å². The first-order chi connectivity index (χ1) is 7.41. The van der Waals surface area contributed by atoms with Gasteiger partial charge in [-0.25, -0.2) is 0 Å². The Kier molecular flexibility index (Phi) is 1.65. The number of cyclic esters (lactones) is 2. The van der Waals surface area contributed by atoms with Crippen molar-refractivity contribution in [3.63, 3.8) is 0 Å². The van der Waals surface area contributed by atoms with Crippen molar-refractivity contribution >= 4 is 11.9 Å². The predicted molar refractivity (Wildman–Crippen MR) is 43.7 cm³/mol. The van der Waals surface area contributed by atoms with Crippen LogP contribution in [0.1, 0.15) is 0 Å². The summed E-state index contributed by atoms with van der Waals surface area (Å²) in [6.45, 7) is 0. The van der Waals surface area contributed by atoms with Gasteiger partial charge in [0.15, 0.2) is 0 Å². The molecule has 86 valence electrons. The summed E-state index contributed by atoms with van der Waals surface area (Å²) >= 11 is 0. The van der Waals surface area contributed by atoms with Gasteiger partial charge in [-0.15, -0.1) is 0 Å². The first-order valence-electron chi connectivity index (χ1n) is 4.92. The van der Waals surface area contributed by atoms with Crippen LogP contribution < -0.4 is 0 Å². The molecule has 3 nitrogen and oxygen atoms in total. The maximum Gasteiger partial charge on any atom is 0.392 e. The average Bonchev–Trinajstić information content (AvgIpc) is 2.75. The van der Waals surface area contributed by atoms with E-state index >= 15 is 0 Å². The minimum Gasteiger partial charge on any atom is -0.393 e. The molecule has 1 heterocycles. The minimum absolute atomic E-state index is 0.805. The largest absolute Gasteiger partial charge is 0.393 e. The van der Waals surface area contributed by atoms with E-state index in [2.05, 4.69) is 4.74 Å². The standard InChI is InChI=1S/C10H7F3O3/c11-10(12,13)7-3-1-2-4(7)6-5(3)8(14)16-9(6)15/h1-7H. The van der Waals surface area contributed by atoms with Crippen LogP contribution in [0.2, 0.25) is 0 Å². The number of ether oxygens (including phenoxy) is 1. The number of alkyl halides is 3. The molecule has 16 heavy (non-hydrogen) atoms. The zero-order valence-corrected chi connectivity index (χ0v) is 7.90. The second-order valence-electron chi connectivity index (χ2n) is 4.40. The number of halogens is 3. The average molecular weight is 232 g/mol. The van der Waals surface area contributed by atoms with Crippen molar-refractivity contribution < 1.29 is 27.5 Å². The molecule has 1 saturated heterocycles. The molecule has 0 aromatic carbocycles. The fourth-order valence-corrected chi connectivity index (χ4v) is 3.20. The van der Waals surface area contributed by atoms with Gasteiger partial charge in [0.05, 0.1) is 17.8 Å². The van der Waals surface area contributed by atoms with E-state index in [4.69, 9.17) is 0 Å². The van der Waals surface area contributed by atoms with Crippen LogP contribution in [0.4, 0.5) is 13.2 Å². The molecule has 0 radical (unpaired) electrons. The molecule has 4 unspecified atom stereocenters. The Balaban J connectivity index is 2.03. The van der Waals surface area contributed by atoms with E-state index in [1.54, 1.807) is 0 Å². The van der Waals surface area contributed by atoms with Crippen LogP contribution in [0.15, 0.2) is 12.2 Å². The molecule has 0 aromatic rings. The van der Waals surface area contributed by atoms with Crippen LogP contribution >= 0.6 is 0 Å². The van der Waals surface area contributed by atoms with Gasteiger partial charge in [-0.05, 0) is 0 Å². The van der Waals surface area contributed by atoms with Crippen molar-refractivity contribution in [3.05, 3.63) is 12.2 Å². The van der Waals surface area contributed by atoms with Crippen LogP contribution in [0, 0.1) is 29.6 Å². The van der Waals surface area contributed by atoms with Crippen molar-refractivity contribution in [2.75, 3.05) is 0 Å². The molecule has 3 rings (SSSR count). The number of carbonyl (C=O) groups is 2. The van der Waals surface area contributed by atoms with Gasteiger partial charge in [0.1, 0.15) is 0 Å². The zero-order valence-electron chi connectivity index (χ0n) is 7.90. The Labute approximate surface area is 88.2 Å². The highest BCUT2D eigenvalue weighted by Crippen LogP contribution is 2.59. The van der Waals surface area contributed by atoms with Crippen LogP contribution in [-0.4, -0.2) is 18.1 Å². The molecule has 0 aromatic heterocycles. The lowest BCUT2D eigenvalue weighted by atomic mass is 9.85. The fourth-order valence-electron chi connectivity index (χ4n) is 3.20. The summed E-state index contributed by atoms with van der Waals surface area (Å²) in [5.74, 6) is -6.90. The predicted octanol–water partition coefficient (Wildman–Crippen LogP) is 1.30. The summed E-state index contributed by atoms with van der Waals surface area (Å²) in [7, 11) is 0. The quantitative estimate of drug-likeness (QED) is 0.359. The van der Waals surface area contributed by atoms with Crippen LogP contribution in [0.5, 0.6) is 0 Å². The second kappa shape index (κ2) is 2.67. The number of allylic oxidation sites excluding steroid dienone is 2. The maximum atomic E-state index is 12.8. The third-order valence-corrected chi connectivity index (χ3v) is 3.72. The molecular weight excluding hydrogens is 225 g/mol. The minimum atomic E-state index is -4.37. The van der Waals surface area contributed by atoms with E-state index in [1.807, 2.05) is 0 Å². The van der Waals surface area contributed by atoms with E-state index < -0.39 is 47.7 Å². The van der Waals surface area contributed by atoms with Crippen LogP contribution in [0.25, 0.3) is 0 Å². The van der Waals surface area contributed by atoms with Gasteiger partial charge in [-0.1, -0.05) is 12.2 Å². The number of carbonyl (C=O) groups excluding carboxylic acids is 2. The molecule has 0 amide bonds. The number of esters is 2. The van der Waals surface area contributed by atoms with Crippen LogP contribution in [0.3, 0.4) is 0 Å². The third kappa shape index (κ3) is 0.994. The lowest BCUT2D eigenvalue weighted by molar-refractivity contribution is -0.188. The van der Waals surface area contributed by atoms with Crippen molar-refractivity contribution in [1.82, 2.24) is 0 Å². The molecule has 1 aliphatic heterocycles. The van der Waals surface area contributed by atoms with Gasteiger partial charge in [-0.3, -0.25) is 9.59 Å². The van der Waals surface area contributed by atoms with Gasteiger partial charge >= 0.3 is 18.1 Å². The van der Waals surface area contributed by atoms with E-state index in [-0.39, 0.29) is 0 Å². The first kappa shape index (κ1) is 9.86. The van der Waals surface area contributed by atoms with Gasteiger partial charge in [-0.2, -0.15) is 13.2 Å². The number of rotatable bonds is 0. The van der Waals surface area contributed by atoms with Crippen molar-refractivity contribution in [2.45, 2.75) is 6.18 Å². The Bertz CT molecular complexity index is 382. The van der Waals surface area contributed by atoms with Crippen molar-refractivity contribution in [2.24, 2.45) is 29.6 Å². The fraction of sp³-hybridized carbons (Fsp3) is 0.600. The highest BCUT2D eigenvalue weighted by atomic mass is 19.4. The summed E-state index contributed by atoms with van der Waals surface area (Å²) in [6.07, 6.45) is -1.59. The lowest BCUT2D eigenvalue weighted by Gasteiger charge is -2.20. The molecule has 0 N–H and O–H groups in total. The monoisotopic (exact) mass is 232 g/mol. The van der Waals surface area contributed by atoms with Crippen molar-refractivity contribution in [1.29, 1.82) is 0 Å². The Hall–Kier alpha value is -1.33. The first-order valence-corrected chi connectivity index (χ1v) is 4.92. The molecule has 1 saturated carbocycles. The summed E-state index contributed by atoms with van der Waals surface area (Å²) < 4.78 is 42.7. The zero-order chi connectivity index (χ0) is 11.7. The number of hydrogen-bond donors (Lipinski definition) is 0. The highest BCUT2D eigenvalue weighted by molar-refractivity contribution is 5.98. The Morgan fingerprint density at radius 3 is 1.81 bits per heavy atom. The smallest absolute Gasteiger partial charge is 0.392 e. The molecule has 2 fully saturated rings.